The van der Waals surface area contributed by atoms with Crippen molar-refractivity contribution in [3.05, 3.63) is 65.7 Å². The van der Waals surface area contributed by atoms with E-state index in [0.717, 1.165) is 43.4 Å². The lowest BCUT2D eigenvalue weighted by Gasteiger charge is -2.43. The average molecular weight is 421 g/mol. The standard InChI is InChI=1S/C26H32N2O3/c1-31-23-15-13-21(14-16-23)25-26(30)28(22-11-7-2-3-8-12-22)19-24(29)27(25)18-17-20-9-5-4-6-10-20/h4-6,9-10,13-16,22,25H,2-3,7-8,11-12,17-19H2,1H3/t25-/m0/s1. The van der Waals surface area contributed by atoms with E-state index in [4.69, 9.17) is 4.74 Å². The van der Waals surface area contributed by atoms with Gasteiger partial charge >= 0.3 is 0 Å². The third-order valence-corrected chi connectivity index (χ3v) is 6.64. The molecule has 2 amide bonds. The summed E-state index contributed by atoms with van der Waals surface area (Å²) < 4.78 is 5.29. The Morgan fingerprint density at radius 1 is 0.903 bits per heavy atom. The smallest absolute Gasteiger partial charge is 0.250 e. The van der Waals surface area contributed by atoms with Crippen LogP contribution in [0.25, 0.3) is 0 Å². The van der Waals surface area contributed by atoms with Crippen LogP contribution in [0.5, 0.6) is 5.75 Å². The average Bonchev–Trinajstić information content (AvgIpc) is 3.09. The highest BCUT2D eigenvalue weighted by Gasteiger charge is 2.42. The van der Waals surface area contributed by atoms with Crippen molar-refractivity contribution in [1.82, 2.24) is 9.80 Å². The molecule has 1 saturated carbocycles. The highest BCUT2D eigenvalue weighted by Crippen LogP contribution is 2.33. The van der Waals surface area contributed by atoms with Gasteiger partial charge in [-0.05, 0) is 42.5 Å². The molecule has 1 aliphatic heterocycles. The largest absolute Gasteiger partial charge is 0.497 e. The summed E-state index contributed by atoms with van der Waals surface area (Å²) in [5.74, 6) is 0.847. The number of carbonyl (C=O) groups excluding carboxylic acids is 2. The number of nitrogens with zero attached hydrogens (tertiary/aromatic N) is 2. The number of amides is 2. The minimum Gasteiger partial charge on any atom is -0.497 e. The van der Waals surface area contributed by atoms with Crippen LogP contribution in [0, 0.1) is 0 Å². The zero-order chi connectivity index (χ0) is 21.6. The number of piperazine rings is 1. The molecule has 0 aromatic heterocycles. The van der Waals surface area contributed by atoms with E-state index in [2.05, 4.69) is 12.1 Å². The van der Waals surface area contributed by atoms with Gasteiger partial charge in [-0.3, -0.25) is 9.59 Å². The van der Waals surface area contributed by atoms with E-state index < -0.39 is 6.04 Å². The van der Waals surface area contributed by atoms with Gasteiger partial charge in [-0.15, -0.1) is 0 Å². The third kappa shape index (κ3) is 4.92. The summed E-state index contributed by atoms with van der Waals surface area (Å²) in [6, 6.07) is 17.3. The monoisotopic (exact) mass is 420 g/mol. The summed E-state index contributed by atoms with van der Waals surface area (Å²) in [6.45, 7) is 0.731. The second-order valence-electron chi connectivity index (χ2n) is 8.61. The van der Waals surface area contributed by atoms with Crippen molar-refractivity contribution < 1.29 is 14.3 Å². The Labute approximate surface area is 185 Å². The molecule has 0 bridgehead atoms. The highest BCUT2D eigenvalue weighted by molar-refractivity contribution is 5.95. The predicted octanol–water partition coefficient (Wildman–Crippen LogP) is 4.37. The second-order valence-corrected chi connectivity index (χ2v) is 8.61. The second kappa shape index (κ2) is 9.99. The SMILES string of the molecule is COc1ccc([C@H]2C(=O)N(C3CCCCCC3)CC(=O)N2CCc2ccccc2)cc1. The molecule has 1 atom stereocenters. The molecule has 0 N–H and O–H groups in total. The molecular formula is C26H32N2O3. The topological polar surface area (TPSA) is 49.9 Å². The van der Waals surface area contributed by atoms with Crippen LogP contribution in [-0.4, -0.2) is 47.9 Å². The van der Waals surface area contributed by atoms with Gasteiger partial charge in [0, 0.05) is 12.6 Å². The van der Waals surface area contributed by atoms with Crippen LogP contribution in [-0.2, 0) is 16.0 Å². The molecule has 2 aliphatic rings. The van der Waals surface area contributed by atoms with Crippen molar-refractivity contribution in [2.75, 3.05) is 20.2 Å². The lowest BCUT2D eigenvalue weighted by Crippen LogP contribution is -2.58. The fraction of sp³-hybridized carbons (Fsp3) is 0.462. The molecular weight excluding hydrogens is 388 g/mol. The van der Waals surface area contributed by atoms with Crippen LogP contribution in [0.4, 0.5) is 0 Å². The Hall–Kier alpha value is -2.82. The number of hydrogen-bond acceptors (Lipinski definition) is 3. The molecule has 0 radical (unpaired) electrons. The van der Waals surface area contributed by atoms with E-state index in [1.807, 2.05) is 47.4 Å². The maximum Gasteiger partial charge on any atom is 0.250 e. The lowest BCUT2D eigenvalue weighted by molar-refractivity contribution is -0.158. The fourth-order valence-corrected chi connectivity index (χ4v) is 4.88. The molecule has 1 heterocycles. The van der Waals surface area contributed by atoms with Gasteiger partial charge in [0.1, 0.15) is 18.3 Å². The lowest BCUT2D eigenvalue weighted by atomic mass is 9.97. The van der Waals surface area contributed by atoms with Crippen molar-refractivity contribution in [2.24, 2.45) is 0 Å². The Bertz CT molecular complexity index is 873. The molecule has 0 spiro atoms. The van der Waals surface area contributed by atoms with Gasteiger partial charge < -0.3 is 14.5 Å². The molecule has 0 unspecified atom stereocenters. The van der Waals surface area contributed by atoms with Crippen molar-refractivity contribution in [1.29, 1.82) is 0 Å². The molecule has 2 aromatic carbocycles. The first kappa shape index (κ1) is 21.4. The highest BCUT2D eigenvalue weighted by atomic mass is 16.5. The zero-order valence-corrected chi connectivity index (χ0v) is 18.3. The van der Waals surface area contributed by atoms with Crippen LogP contribution < -0.4 is 4.74 Å². The van der Waals surface area contributed by atoms with E-state index >= 15 is 0 Å². The first-order valence-corrected chi connectivity index (χ1v) is 11.4. The number of carbonyl (C=O) groups is 2. The quantitative estimate of drug-likeness (QED) is 0.652. The van der Waals surface area contributed by atoms with Gasteiger partial charge in [0.2, 0.25) is 5.91 Å². The predicted molar refractivity (Wildman–Crippen MR) is 121 cm³/mol. The summed E-state index contributed by atoms with van der Waals surface area (Å²) >= 11 is 0. The van der Waals surface area contributed by atoms with E-state index in [9.17, 15) is 9.59 Å². The van der Waals surface area contributed by atoms with Gasteiger partial charge in [0.15, 0.2) is 0 Å². The van der Waals surface area contributed by atoms with Gasteiger partial charge in [0.25, 0.3) is 5.91 Å². The van der Waals surface area contributed by atoms with Crippen LogP contribution in [0.2, 0.25) is 0 Å². The number of hydrogen-bond donors (Lipinski definition) is 0. The Balaban J connectivity index is 1.61. The number of ether oxygens (including phenoxy) is 1. The van der Waals surface area contributed by atoms with Gasteiger partial charge in [-0.2, -0.15) is 0 Å². The number of benzene rings is 2. The summed E-state index contributed by atoms with van der Waals surface area (Å²) in [4.78, 5) is 30.7. The third-order valence-electron chi connectivity index (χ3n) is 6.64. The first-order chi connectivity index (χ1) is 15.2. The maximum atomic E-state index is 13.8. The van der Waals surface area contributed by atoms with Crippen molar-refractivity contribution in [2.45, 2.75) is 57.0 Å². The molecule has 164 valence electrons. The van der Waals surface area contributed by atoms with Gasteiger partial charge in [-0.25, -0.2) is 0 Å². The molecule has 2 aromatic rings. The van der Waals surface area contributed by atoms with Crippen molar-refractivity contribution >= 4 is 11.8 Å². The van der Waals surface area contributed by atoms with E-state index in [0.29, 0.717) is 6.54 Å². The van der Waals surface area contributed by atoms with Crippen LogP contribution in [0.3, 0.4) is 0 Å². The zero-order valence-electron chi connectivity index (χ0n) is 18.3. The molecule has 31 heavy (non-hydrogen) atoms. The molecule has 4 rings (SSSR count). The van der Waals surface area contributed by atoms with Gasteiger partial charge in [0.05, 0.1) is 7.11 Å². The van der Waals surface area contributed by atoms with Crippen LogP contribution in [0.1, 0.15) is 55.7 Å². The van der Waals surface area contributed by atoms with Crippen molar-refractivity contribution in [3.8, 4) is 5.75 Å². The van der Waals surface area contributed by atoms with Crippen LogP contribution in [0.15, 0.2) is 54.6 Å². The molecule has 2 fully saturated rings. The summed E-state index contributed by atoms with van der Waals surface area (Å²) in [6.07, 6.45) is 7.43. The number of rotatable bonds is 6. The summed E-state index contributed by atoms with van der Waals surface area (Å²) in [5.41, 5.74) is 2.02. The summed E-state index contributed by atoms with van der Waals surface area (Å²) in [5, 5.41) is 0. The van der Waals surface area contributed by atoms with E-state index in [1.54, 1.807) is 12.0 Å². The summed E-state index contributed by atoms with van der Waals surface area (Å²) in [7, 11) is 1.63. The number of methoxy groups -OCH3 is 1. The normalized spacial score (nSPS) is 20.6. The Morgan fingerprint density at radius 3 is 2.23 bits per heavy atom. The van der Waals surface area contributed by atoms with Crippen molar-refractivity contribution in [3.63, 3.8) is 0 Å². The fourth-order valence-electron chi connectivity index (χ4n) is 4.88. The minimum atomic E-state index is -0.570. The van der Waals surface area contributed by atoms with E-state index in [-0.39, 0.29) is 24.4 Å². The Morgan fingerprint density at radius 2 is 1.58 bits per heavy atom. The molecule has 5 nitrogen and oxygen atoms in total. The molecule has 1 aliphatic carbocycles. The maximum absolute atomic E-state index is 13.8. The molecule has 5 heteroatoms. The van der Waals surface area contributed by atoms with Crippen LogP contribution >= 0.6 is 0 Å². The van der Waals surface area contributed by atoms with Gasteiger partial charge in [-0.1, -0.05) is 68.1 Å². The first-order valence-electron chi connectivity index (χ1n) is 11.4. The minimum absolute atomic E-state index is 0.0422. The van der Waals surface area contributed by atoms with E-state index in [1.165, 1.54) is 18.4 Å². The molecule has 1 saturated heterocycles. The Kier molecular flexibility index (Phi) is 6.90.